The summed E-state index contributed by atoms with van der Waals surface area (Å²) in [6, 6.07) is 11.3. The third-order valence-corrected chi connectivity index (χ3v) is 6.89. The van der Waals surface area contributed by atoms with E-state index in [1.807, 2.05) is 0 Å². The topological polar surface area (TPSA) is 71.5 Å². The Balaban J connectivity index is 1.54. The number of rotatable bonds is 7. The number of ether oxygens (including phenoxy) is 1. The average Bonchev–Trinajstić information content (AvgIpc) is 3.26. The van der Waals surface area contributed by atoms with Crippen LogP contribution >= 0.6 is 0 Å². The van der Waals surface area contributed by atoms with Crippen molar-refractivity contribution < 1.29 is 31.9 Å². The number of pyridine rings is 1. The molecule has 10 heteroatoms. The fourth-order valence-electron chi connectivity index (χ4n) is 5.07. The predicted octanol–water partition coefficient (Wildman–Crippen LogP) is 5.86. The van der Waals surface area contributed by atoms with Crippen LogP contribution in [-0.2, 0) is 35.2 Å². The number of nitrogens with one attached hydrogen (secondary N) is 1. The minimum Gasteiger partial charge on any atom is -0.467 e. The molecular formula is C30H31F4N3O3. The van der Waals surface area contributed by atoms with Crippen LogP contribution in [0.2, 0.25) is 0 Å². The van der Waals surface area contributed by atoms with E-state index >= 15 is 0 Å². The molecule has 40 heavy (non-hydrogen) atoms. The maximum atomic E-state index is 13.3. The highest BCUT2D eigenvalue weighted by molar-refractivity contribution is 5.96. The van der Waals surface area contributed by atoms with Gasteiger partial charge in [-0.1, -0.05) is 45.0 Å². The molecule has 0 fully saturated rings. The maximum Gasteiger partial charge on any atom is 0.416 e. The second-order valence-electron chi connectivity index (χ2n) is 11.0. The second kappa shape index (κ2) is 11.4. The monoisotopic (exact) mass is 557 g/mol. The van der Waals surface area contributed by atoms with Gasteiger partial charge in [-0.3, -0.25) is 14.7 Å². The number of amides is 1. The van der Waals surface area contributed by atoms with Crippen molar-refractivity contribution in [3.63, 3.8) is 0 Å². The van der Waals surface area contributed by atoms with Gasteiger partial charge in [0.05, 0.1) is 30.0 Å². The fourth-order valence-corrected chi connectivity index (χ4v) is 5.07. The van der Waals surface area contributed by atoms with E-state index < -0.39 is 35.5 Å². The molecule has 2 aromatic carbocycles. The van der Waals surface area contributed by atoms with Crippen LogP contribution in [0.1, 0.15) is 65.1 Å². The van der Waals surface area contributed by atoms with Crippen molar-refractivity contribution in [2.24, 2.45) is 5.41 Å². The Bertz CT molecular complexity index is 1370. The Morgan fingerprint density at radius 3 is 2.25 bits per heavy atom. The largest absolute Gasteiger partial charge is 0.467 e. The molecule has 1 aliphatic heterocycles. The molecule has 0 saturated carbocycles. The standard InChI is InChI=1S/C30H31F4N3O3/c1-29(2,3)26-25-21(17-37(26)16-19-5-9-22(10-6-19)30(32,33)34)14-20(15-35-25)27(38)36-24(28(39)40-4)13-18-7-11-23(31)12-8-18/h5-12,14-15,24,26H,13,16-17H2,1-4H3,(H,36,38). The lowest BCUT2D eigenvalue weighted by molar-refractivity contribution is -0.143. The van der Waals surface area contributed by atoms with Crippen molar-refractivity contribution >= 4 is 11.9 Å². The van der Waals surface area contributed by atoms with Crippen molar-refractivity contribution in [3.05, 3.63) is 100 Å². The van der Waals surface area contributed by atoms with E-state index in [0.717, 1.165) is 29.0 Å². The fraction of sp³-hybridized carbons (Fsp3) is 0.367. The first-order valence-electron chi connectivity index (χ1n) is 12.8. The highest BCUT2D eigenvalue weighted by atomic mass is 19.4. The van der Waals surface area contributed by atoms with Gasteiger partial charge in [0, 0.05) is 25.7 Å². The zero-order valence-electron chi connectivity index (χ0n) is 22.7. The lowest BCUT2D eigenvalue weighted by Crippen LogP contribution is -2.43. The number of alkyl halides is 3. The van der Waals surface area contributed by atoms with E-state index in [1.165, 1.54) is 49.7 Å². The molecule has 2 unspecified atom stereocenters. The van der Waals surface area contributed by atoms with Crippen LogP contribution in [0.3, 0.4) is 0 Å². The normalized spacial score (nSPS) is 16.4. The summed E-state index contributed by atoms with van der Waals surface area (Å²) >= 11 is 0. The zero-order chi connectivity index (χ0) is 29.2. The minimum atomic E-state index is -4.40. The maximum absolute atomic E-state index is 13.3. The number of carbonyl (C=O) groups is 2. The Morgan fingerprint density at radius 1 is 1.05 bits per heavy atom. The van der Waals surface area contributed by atoms with Gasteiger partial charge in [-0.05, 0) is 52.4 Å². The molecule has 0 radical (unpaired) electrons. The molecule has 2 atom stereocenters. The van der Waals surface area contributed by atoms with Crippen LogP contribution in [0.25, 0.3) is 0 Å². The van der Waals surface area contributed by atoms with Crippen LogP contribution in [-0.4, -0.2) is 34.9 Å². The molecule has 2 heterocycles. The summed E-state index contributed by atoms with van der Waals surface area (Å²) in [5.74, 6) is -1.56. The molecule has 0 spiro atoms. The van der Waals surface area contributed by atoms with E-state index in [2.05, 4.69) is 36.0 Å². The third kappa shape index (κ3) is 6.67. The molecule has 1 aliphatic rings. The third-order valence-electron chi connectivity index (χ3n) is 6.89. The summed E-state index contributed by atoms with van der Waals surface area (Å²) in [5, 5.41) is 2.70. The van der Waals surface area contributed by atoms with Crippen molar-refractivity contribution in [1.29, 1.82) is 0 Å². The Labute approximate surface area is 230 Å². The number of halogens is 4. The second-order valence-corrected chi connectivity index (χ2v) is 11.0. The summed E-state index contributed by atoms with van der Waals surface area (Å²) in [7, 11) is 1.22. The average molecular weight is 558 g/mol. The number of esters is 1. The summed E-state index contributed by atoms with van der Waals surface area (Å²) in [6.07, 6.45) is -2.83. The summed E-state index contributed by atoms with van der Waals surface area (Å²) in [5.41, 5.74) is 2.32. The van der Waals surface area contributed by atoms with Crippen LogP contribution in [0, 0.1) is 11.2 Å². The number of hydrogen-bond donors (Lipinski definition) is 1. The SMILES string of the molecule is COC(=O)C(Cc1ccc(F)cc1)NC(=O)c1cnc2c(c1)CN(Cc1ccc(C(F)(F)F)cc1)C2C(C)(C)C. The number of benzene rings is 2. The van der Waals surface area contributed by atoms with Gasteiger partial charge in [0.25, 0.3) is 5.91 Å². The van der Waals surface area contributed by atoms with E-state index in [1.54, 1.807) is 6.07 Å². The zero-order valence-corrected chi connectivity index (χ0v) is 22.7. The molecule has 1 aromatic heterocycles. The Morgan fingerprint density at radius 2 is 1.68 bits per heavy atom. The first-order valence-corrected chi connectivity index (χ1v) is 12.8. The van der Waals surface area contributed by atoms with Crippen LogP contribution < -0.4 is 5.32 Å². The van der Waals surface area contributed by atoms with E-state index in [9.17, 15) is 27.2 Å². The van der Waals surface area contributed by atoms with E-state index in [0.29, 0.717) is 18.7 Å². The molecule has 6 nitrogen and oxygen atoms in total. The molecule has 0 aliphatic carbocycles. The van der Waals surface area contributed by atoms with E-state index in [4.69, 9.17) is 4.74 Å². The van der Waals surface area contributed by atoms with Crippen LogP contribution in [0.5, 0.6) is 0 Å². The predicted molar refractivity (Wildman–Crippen MR) is 140 cm³/mol. The van der Waals surface area contributed by atoms with Gasteiger partial charge in [0.1, 0.15) is 11.9 Å². The van der Waals surface area contributed by atoms with Gasteiger partial charge in [0.15, 0.2) is 0 Å². The van der Waals surface area contributed by atoms with Crippen molar-refractivity contribution in [2.45, 2.75) is 58.5 Å². The van der Waals surface area contributed by atoms with Gasteiger partial charge in [-0.2, -0.15) is 13.2 Å². The first-order chi connectivity index (χ1) is 18.8. The molecule has 3 aromatic rings. The highest BCUT2D eigenvalue weighted by Crippen LogP contribution is 2.45. The Hall–Kier alpha value is -3.79. The number of hydrogen-bond acceptors (Lipinski definition) is 5. The van der Waals surface area contributed by atoms with Crippen molar-refractivity contribution in [1.82, 2.24) is 15.2 Å². The number of carbonyl (C=O) groups excluding carboxylic acids is 2. The first kappa shape index (κ1) is 29.2. The lowest BCUT2D eigenvalue weighted by atomic mass is 9.84. The number of fused-ring (bicyclic) bond motifs is 1. The van der Waals surface area contributed by atoms with Gasteiger partial charge in [-0.15, -0.1) is 0 Å². The summed E-state index contributed by atoms with van der Waals surface area (Å²) in [4.78, 5) is 32.3. The Kier molecular flexibility index (Phi) is 8.30. The van der Waals surface area contributed by atoms with Crippen LogP contribution in [0.15, 0.2) is 60.8 Å². The number of nitrogens with zero attached hydrogens (tertiary/aromatic N) is 2. The molecule has 212 valence electrons. The number of aromatic nitrogens is 1. The smallest absolute Gasteiger partial charge is 0.416 e. The molecule has 1 N–H and O–H groups in total. The van der Waals surface area contributed by atoms with Crippen molar-refractivity contribution in [3.8, 4) is 0 Å². The van der Waals surface area contributed by atoms with Gasteiger partial charge < -0.3 is 10.1 Å². The molecule has 1 amide bonds. The molecule has 0 bridgehead atoms. The van der Waals surface area contributed by atoms with Crippen LogP contribution in [0.4, 0.5) is 17.6 Å². The lowest BCUT2D eigenvalue weighted by Gasteiger charge is -2.35. The van der Waals surface area contributed by atoms with E-state index in [-0.39, 0.29) is 23.4 Å². The van der Waals surface area contributed by atoms with Gasteiger partial charge in [0.2, 0.25) is 0 Å². The van der Waals surface area contributed by atoms with Crippen molar-refractivity contribution in [2.75, 3.05) is 7.11 Å². The quantitative estimate of drug-likeness (QED) is 0.291. The molecule has 0 saturated heterocycles. The van der Waals surface area contributed by atoms with Gasteiger partial charge >= 0.3 is 12.1 Å². The summed E-state index contributed by atoms with van der Waals surface area (Å²) in [6.45, 7) is 7.03. The molecule has 4 rings (SSSR count). The highest BCUT2D eigenvalue weighted by Gasteiger charge is 2.40. The van der Waals surface area contributed by atoms with Gasteiger partial charge in [-0.25, -0.2) is 9.18 Å². The summed E-state index contributed by atoms with van der Waals surface area (Å²) < 4.78 is 57.1. The molecular weight excluding hydrogens is 526 g/mol. The minimum absolute atomic E-state index is 0.115. The number of methoxy groups -OCH3 is 1.